The quantitative estimate of drug-likeness (QED) is 0.827. The van der Waals surface area contributed by atoms with Gasteiger partial charge >= 0.3 is 5.97 Å². The van der Waals surface area contributed by atoms with Crippen molar-refractivity contribution < 1.29 is 19.4 Å². The average molecular weight is 311 g/mol. The number of hydrogen-bond donors (Lipinski definition) is 1. The summed E-state index contributed by atoms with van der Waals surface area (Å²) in [5, 5.41) is 10.5. The molecule has 1 aromatic heterocycles. The molecule has 20 heavy (non-hydrogen) atoms. The minimum atomic E-state index is -0.853. The van der Waals surface area contributed by atoms with E-state index in [1.165, 1.54) is 23.1 Å². The SMILES string of the molecule is COc1ccc(-c2csc(SCC(=O)O)n2)c(OC)c1. The lowest BCUT2D eigenvalue weighted by Gasteiger charge is -2.08. The summed E-state index contributed by atoms with van der Waals surface area (Å²) in [7, 11) is 3.18. The first kappa shape index (κ1) is 14.7. The van der Waals surface area contributed by atoms with Crippen LogP contribution in [0.15, 0.2) is 27.9 Å². The van der Waals surface area contributed by atoms with E-state index in [0.29, 0.717) is 11.5 Å². The van der Waals surface area contributed by atoms with Gasteiger partial charge in [0.05, 0.1) is 25.7 Å². The first-order valence-electron chi connectivity index (χ1n) is 5.66. The molecule has 1 heterocycles. The number of nitrogens with zero attached hydrogens (tertiary/aromatic N) is 1. The second-order valence-corrected chi connectivity index (χ2v) is 5.83. The fraction of sp³-hybridized carbons (Fsp3) is 0.231. The molecule has 5 nitrogen and oxygen atoms in total. The zero-order valence-corrected chi connectivity index (χ0v) is 12.6. The van der Waals surface area contributed by atoms with Crippen LogP contribution in [0.25, 0.3) is 11.3 Å². The van der Waals surface area contributed by atoms with Crippen LogP contribution < -0.4 is 9.47 Å². The van der Waals surface area contributed by atoms with E-state index in [2.05, 4.69) is 4.98 Å². The summed E-state index contributed by atoms with van der Waals surface area (Å²) in [4.78, 5) is 15.0. The Morgan fingerprint density at radius 3 is 2.85 bits per heavy atom. The Morgan fingerprint density at radius 1 is 1.40 bits per heavy atom. The van der Waals surface area contributed by atoms with Gasteiger partial charge in [0, 0.05) is 17.0 Å². The van der Waals surface area contributed by atoms with Crippen molar-refractivity contribution in [2.75, 3.05) is 20.0 Å². The molecule has 0 aliphatic rings. The molecule has 0 amide bonds. The number of rotatable bonds is 6. The first-order chi connectivity index (χ1) is 9.63. The maximum atomic E-state index is 10.5. The molecule has 0 saturated carbocycles. The number of aliphatic carboxylic acids is 1. The second-order valence-electron chi connectivity index (χ2n) is 3.75. The van der Waals surface area contributed by atoms with E-state index in [-0.39, 0.29) is 5.75 Å². The Bertz CT molecular complexity index is 612. The van der Waals surface area contributed by atoms with E-state index in [1.807, 2.05) is 17.5 Å². The molecule has 0 fully saturated rings. The smallest absolute Gasteiger partial charge is 0.313 e. The van der Waals surface area contributed by atoms with Gasteiger partial charge in [0.15, 0.2) is 4.34 Å². The molecule has 7 heteroatoms. The zero-order valence-electron chi connectivity index (χ0n) is 11.0. The zero-order chi connectivity index (χ0) is 14.5. The van der Waals surface area contributed by atoms with Gasteiger partial charge in [0.1, 0.15) is 11.5 Å². The number of aromatic nitrogens is 1. The van der Waals surface area contributed by atoms with Crippen molar-refractivity contribution in [3.8, 4) is 22.8 Å². The molecule has 0 aliphatic carbocycles. The minimum absolute atomic E-state index is 0.00665. The van der Waals surface area contributed by atoms with E-state index < -0.39 is 5.97 Å². The number of carboxylic acids is 1. The molecule has 0 bridgehead atoms. The Kier molecular flexibility index (Phi) is 4.86. The second kappa shape index (κ2) is 6.62. The van der Waals surface area contributed by atoms with E-state index >= 15 is 0 Å². The summed E-state index contributed by atoms with van der Waals surface area (Å²) in [6, 6.07) is 5.50. The maximum absolute atomic E-state index is 10.5. The molecule has 0 spiro atoms. The van der Waals surface area contributed by atoms with Gasteiger partial charge < -0.3 is 14.6 Å². The van der Waals surface area contributed by atoms with Crippen LogP contribution in [-0.2, 0) is 4.79 Å². The van der Waals surface area contributed by atoms with Crippen LogP contribution in [0.3, 0.4) is 0 Å². The monoisotopic (exact) mass is 311 g/mol. The summed E-state index contributed by atoms with van der Waals surface area (Å²) in [5.74, 6) is 0.534. The molecular formula is C13H13NO4S2. The van der Waals surface area contributed by atoms with Crippen LogP contribution in [0.5, 0.6) is 11.5 Å². The molecule has 0 unspecified atom stereocenters. The van der Waals surface area contributed by atoms with Crippen molar-refractivity contribution in [1.29, 1.82) is 0 Å². The van der Waals surface area contributed by atoms with Gasteiger partial charge in [-0.15, -0.1) is 11.3 Å². The molecular weight excluding hydrogens is 298 g/mol. The normalized spacial score (nSPS) is 10.3. The maximum Gasteiger partial charge on any atom is 0.313 e. The number of hydrogen-bond acceptors (Lipinski definition) is 6. The van der Waals surface area contributed by atoms with Crippen molar-refractivity contribution in [3.05, 3.63) is 23.6 Å². The summed E-state index contributed by atoms with van der Waals surface area (Å²) < 4.78 is 11.2. The van der Waals surface area contributed by atoms with Crippen LogP contribution in [0.1, 0.15) is 0 Å². The average Bonchev–Trinajstić information content (AvgIpc) is 2.93. The number of thioether (sulfide) groups is 1. The summed E-state index contributed by atoms with van der Waals surface area (Å²) in [6.07, 6.45) is 0. The van der Waals surface area contributed by atoms with Crippen molar-refractivity contribution in [2.24, 2.45) is 0 Å². The van der Waals surface area contributed by atoms with Gasteiger partial charge in [0.25, 0.3) is 0 Å². The number of benzene rings is 1. The van der Waals surface area contributed by atoms with Crippen molar-refractivity contribution in [1.82, 2.24) is 4.98 Å². The standard InChI is InChI=1S/C13H13NO4S2/c1-17-8-3-4-9(11(5-8)18-2)10-6-19-13(14-10)20-7-12(15)16/h3-6H,7H2,1-2H3,(H,15,16). The van der Waals surface area contributed by atoms with Crippen molar-refractivity contribution >= 4 is 29.1 Å². The van der Waals surface area contributed by atoms with Crippen LogP contribution >= 0.6 is 23.1 Å². The largest absolute Gasteiger partial charge is 0.497 e. The van der Waals surface area contributed by atoms with Crippen LogP contribution in [0.4, 0.5) is 0 Å². The summed E-state index contributed by atoms with van der Waals surface area (Å²) in [5.41, 5.74) is 1.62. The Morgan fingerprint density at radius 2 is 2.20 bits per heavy atom. The predicted octanol–water partition coefficient (Wildman–Crippen LogP) is 3.00. The highest BCUT2D eigenvalue weighted by atomic mass is 32.2. The van der Waals surface area contributed by atoms with Crippen LogP contribution in [-0.4, -0.2) is 36.0 Å². The third-order valence-electron chi connectivity index (χ3n) is 2.49. The third-order valence-corrected chi connectivity index (χ3v) is 4.49. The first-order valence-corrected chi connectivity index (χ1v) is 7.53. The highest BCUT2D eigenvalue weighted by Crippen LogP contribution is 2.35. The van der Waals surface area contributed by atoms with Gasteiger partial charge in [-0.2, -0.15) is 0 Å². The van der Waals surface area contributed by atoms with E-state index in [9.17, 15) is 4.79 Å². The molecule has 0 saturated heterocycles. The summed E-state index contributed by atoms with van der Waals surface area (Å²) >= 11 is 2.62. The minimum Gasteiger partial charge on any atom is -0.497 e. The Labute approximate surface area is 124 Å². The van der Waals surface area contributed by atoms with E-state index in [4.69, 9.17) is 14.6 Å². The third kappa shape index (κ3) is 3.43. The van der Waals surface area contributed by atoms with Crippen molar-refractivity contribution in [2.45, 2.75) is 4.34 Å². The molecule has 0 aliphatic heterocycles. The lowest BCUT2D eigenvalue weighted by atomic mass is 10.1. The fourth-order valence-corrected chi connectivity index (χ4v) is 3.13. The van der Waals surface area contributed by atoms with Gasteiger partial charge in [-0.1, -0.05) is 11.8 Å². The predicted molar refractivity (Wildman–Crippen MR) is 79.0 cm³/mol. The lowest BCUT2D eigenvalue weighted by molar-refractivity contribution is -0.133. The molecule has 0 radical (unpaired) electrons. The van der Waals surface area contributed by atoms with E-state index in [0.717, 1.165) is 15.6 Å². The summed E-state index contributed by atoms with van der Waals surface area (Å²) in [6.45, 7) is 0. The number of carbonyl (C=O) groups is 1. The van der Waals surface area contributed by atoms with Gasteiger partial charge in [-0.05, 0) is 12.1 Å². The number of methoxy groups -OCH3 is 2. The van der Waals surface area contributed by atoms with Crippen LogP contribution in [0.2, 0.25) is 0 Å². The highest BCUT2D eigenvalue weighted by Gasteiger charge is 2.12. The number of carboxylic acid groups (broad SMARTS) is 1. The highest BCUT2D eigenvalue weighted by molar-refractivity contribution is 8.01. The Balaban J connectivity index is 2.25. The molecule has 1 aromatic carbocycles. The fourth-order valence-electron chi connectivity index (χ4n) is 1.58. The van der Waals surface area contributed by atoms with Gasteiger partial charge in [-0.3, -0.25) is 4.79 Å². The molecule has 2 rings (SSSR count). The molecule has 0 atom stereocenters. The van der Waals surface area contributed by atoms with Crippen molar-refractivity contribution in [3.63, 3.8) is 0 Å². The molecule has 2 aromatic rings. The van der Waals surface area contributed by atoms with E-state index in [1.54, 1.807) is 20.3 Å². The molecule has 1 N–H and O–H groups in total. The Hall–Kier alpha value is -1.73. The van der Waals surface area contributed by atoms with Gasteiger partial charge in [0.2, 0.25) is 0 Å². The van der Waals surface area contributed by atoms with Crippen LogP contribution in [0, 0.1) is 0 Å². The number of ether oxygens (including phenoxy) is 2. The topological polar surface area (TPSA) is 68.7 Å². The lowest BCUT2D eigenvalue weighted by Crippen LogP contribution is -1.97. The van der Waals surface area contributed by atoms with Gasteiger partial charge in [-0.25, -0.2) is 4.98 Å². The molecule has 106 valence electrons. The number of thiazole rings is 1.